The van der Waals surface area contributed by atoms with Gasteiger partial charge in [-0.25, -0.2) is 0 Å². The number of piperidine rings is 1. The van der Waals surface area contributed by atoms with Crippen LogP contribution in [0.1, 0.15) is 19.3 Å². The molecule has 1 saturated heterocycles. The number of benzene rings is 2. The van der Waals surface area contributed by atoms with E-state index in [1.807, 2.05) is 48.5 Å². The van der Waals surface area contributed by atoms with Gasteiger partial charge in [0, 0.05) is 41.9 Å². The van der Waals surface area contributed by atoms with Crippen molar-refractivity contribution < 1.29 is 9.59 Å². The van der Waals surface area contributed by atoms with Crippen molar-refractivity contribution in [2.24, 2.45) is 0 Å². The largest absolute Gasteiger partial charge is 0.353 e. The normalized spacial score (nSPS) is 15.1. The third-order valence-corrected chi connectivity index (χ3v) is 5.73. The first kappa shape index (κ1) is 20.4. The molecule has 28 heavy (non-hydrogen) atoms. The lowest BCUT2D eigenvalue weighted by Crippen LogP contribution is -2.46. The fraction of sp³-hybridized carbons (Fsp3) is 0.364. The molecule has 0 bridgehead atoms. The molecule has 2 aromatic rings. The van der Waals surface area contributed by atoms with E-state index < -0.39 is 0 Å². The first-order valence-corrected chi connectivity index (χ1v) is 10.7. The summed E-state index contributed by atoms with van der Waals surface area (Å²) in [5.74, 6) is 0.907. The van der Waals surface area contributed by atoms with Crippen LogP contribution in [-0.4, -0.2) is 48.1 Å². The van der Waals surface area contributed by atoms with Crippen LogP contribution in [0.25, 0.3) is 0 Å². The fourth-order valence-corrected chi connectivity index (χ4v) is 4.11. The van der Waals surface area contributed by atoms with Gasteiger partial charge in [-0.05, 0) is 37.1 Å². The van der Waals surface area contributed by atoms with Crippen molar-refractivity contribution in [3.63, 3.8) is 0 Å². The Morgan fingerprint density at radius 1 is 0.929 bits per heavy atom. The molecule has 1 heterocycles. The van der Waals surface area contributed by atoms with Gasteiger partial charge in [0.2, 0.25) is 11.8 Å². The van der Waals surface area contributed by atoms with Crippen LogP contribution in [0.4, 0.5) is 5.69 Å². The molecular formula is C22H27N3O2S. The van der Waals surface area contributed by atoms with Gasteiger partial charge in [0.1, 0.15) is 0 Å². The molecule has 0 spiro atoms. The van der Waals surface area contributed by atoms with Crippen LogP contribution in [0, 0.1) is 0 Å². The molecular weight excluding hydrogens is 370 g/mol. The molecule has 0 aliphatic carbocycles. The minimum Gasteiger partial charge on any atom is -0.353 e. The highest BCUT2D eigenvalue weighted by Gasteiger charge is 2.22. The molecule has 2 aromatic carbocycles. The summed E-state index contributed by atoms with van der Waals surface area (Å²) in [5, 5.41) is 6.06. The second-order valence-corrected chi connectivity index (χ2v) is 8.11. The highest BCUT2D eigenvalue weighted by molar-refractivity contribution is 7.99. The minimum absolute atomic E-state index is 0.00613. The van der Waals surface area contributed by atoms with Crippen molar-refractivity contribution in [1.29, 1.82) is 0 Å². The molecule has 2 N–H and O–H groups in total. The van der Waals surface area contributed by atoms with Crippen LogP contribution in [0.3, 0.4) is 0 Å². The Morgan fingerprint density at radius 2 is 1.57 bits per heavy atom. The van der Waals surface area contributed by atoms with Gasteiger partial charge in [0.25, 0.3) is 0 Å². The number of nitrogens with zero attached hydrogens (tertiary/aromatic N) is 1. The molecule has 0 radical (unpaired) electrons. The molecule has 0 aromatic heterocycles. The number of anilines is 1. The van der Waals surface area contributed by atoms with E-state index in [1.54, 1.807) is 11.8 Å². The lowest BCUT2D eigenvalue weighted by molar-refractivity contribution is -0.122. The van der Waals surface area contributed by atoms with Crippen molar-refractivity contribution in [3.8, 4) is 0 Å². The van der Waals surface area contributed by atoms with E-state index in [4.69, 9.17) is 0 Å². The first-order chi connectivity index (χ1) is 13.7. The first-order valence-electron chi connectivity index (χ1n) is 9.73. The summed E-state index contributed by atoms with van der Waals surface area (Å²) in [6.45, 7) is 2.04. The summed E-state index contributed by atoms with van der Waals surface area (Å²) in [5.41, 5.74) is 0.822. The quantitative estimate of drug-likeness (QED) is 0.671. The maximum absolute atomic E-state index is 12.2. The third kappa shape index (κ3) is 7.02. The van der Waals surface area contributed by atoms with Crippen LogP contribution in [0.15, 0.2) is 65.6 Å². The van der Waals surface area contributed by atoms with Gasteiger partial charge < -0.3 is 10.6 Å². The number of hydrogen-bond acceptors (Lipinski definition) is 4. The Labute approximate surface area is 170 Å². The average molecular weight is 398 g/mol. The van der Waals surface area contributed by atoms with Crippen LogP contribution >= 0.6 is 11.8 Å². The second kappa shape index (κ2) is 10.9. The van der Waals surface area contributed by atoms with E-state index in [2.05, 4.69) is 27.7 Å². The Balaban J connectivity index is 1.30. The lowest BCUT2D eigenvalue weighted by Gasteiger charge is -2.31. The summed E-state index contributed by atoms with van der Waals surface area (Å²) in [4.78, 5) is 27.6. The third-order valence-electron chi connectivity index (χ3n) is 4.72. The van der Waals surface area contributed by atoms with Gasteiger partial charge >= 0.3 is 0 Å². The maximum atomic E-state index is 12.2. The number of amides is 2. The summed E-state index contributed by atoms with van der Waals surface area (Å²) in [7, 11) is 0. The smallest absolute Gasteiger partial charge is 0.238 e. The van der Waals surface area contributed by atoms with E-state index in [0.29, 0.717) is 13.0 Å². The van der Waals surface area contributed by atoms with Gasteiger partial charge in [0.15, 0.2) is 0 Å². The number of hydrogen-bond donors (Lipinski definition) is 2. The van der Waals surface area contributed by atoms with E-state index in [1.165, 1.54) is 4.90 Å². The molecule has 1 aliphatic rings. The number of carbonyl (C=O) groups is 2. The van der Waals surface area contributed by atoms with Crippen LogP contribution in [0.2, 0.25) is 0 Å². The summed E-state index contributed by atoms with van der Waals surface area (Å²) in [6.07, 6.45) is 2.30. The molecule has 0 saturated carbocycles. The number of likely N-dealkylation sites (tertiary alicyclic amines) is 1. The summed E-state index contributed by atoms with van der Waals surface area (Å²) >= 11 is 1.71. The zero-order valence-corrected chi connectivity index (χ0v) is 16.8. The molecule has 1 aliphatic heterocycles. The number of para-hydroxylation sites is 1. The molecule has 5 nitrogen and oxygen atoms in total. The van der Waals surface area contributed by atoms with Gasteiger partial charge in [-0.15, -0.1) is 11.8 Å². The molecule has 0 unspecified atom stereocenters. The van der Waals surface area contributed by atoms with Crippen LogP contribution in [-0.2, 0) is 9.59 Å². The van der Waals surface area contributed by atoms with E-state index in [0.717, 1.165) is 37.4 Å². The van der Waals surface area contributed by atoms with Gasteiger partial charge in [-0.1, -0.05) is 36.4 Å². The van der Waals surface area contributed by atoms with E-state index in [-0.39, 0.29) is 17.9 Å². The van der Waals surface area contributed by atoms with Crippen LogP contribution < -0.4 is 10.6 Å². The molecule has 6 heteroatoms. The Hall–Kier alpha value is -2.31. The Kier molecular flexibility index (Phi) is 7.94. The fourth-order valence-electron chi connectivity index (χ4n) is 3.24. The van der Waals surface area contributed by atoms with Gasteiger partial charge in [0.05, 0.1) is 6.54 Å². The monoisotopic (exact) mass is 397 g/mol. The highest BCUT2D eigenvalue weighted by Crippen LogP contribution is 2.18. The van der Waals surface area contributed by atoms with Gasteiger partial charge in [-0.3, -0.25) is 14.5 Å². The summed E-state index contributed by atoms with van der Waals surface area (Å²) < 4.78 is 0. The second-order valence-electron chi connectivity index (χ2n) is 6.94. The highest BCUT2D eigenvalue weighted by atomic mass is 32.2. The number of carbonyl (C=O) groups excluding carboxylic acids is 2. The molecule has 1 fully saturated rings. The zero-order chi connectivity index (χ0) is 19.6. The van der Waals surface area contributed by atoms with Crippen molar-refractivity contribution in [2.75, 3.05) is 30.7 Å². The average Bonchev–Trinajstić information content (AvgIpc) is 2.71. The van der Waals surface area contributed by atoms with Crippen molar-refractivity contribution >= 4 is 29.3 Å². The van der Waals surface area contributed by atoms with E-state index >= 15 is 0 Å². The molecule has 3 rings (SSSR count). The standard InChI is InChI=1S/C22H27N3O2S/c26-21(13-16-28-20-9-5-2-6-10-20)23-19-11-14-25(15-12-19)17-22(27)24-18-7-3-1-4-8-18/h1-10,19H,11-17H2,(H,23,26)(H,24,27). The number of rotatable bonds is 8. The van der Waals surface area contributed by atoms with Crippen molar-refractivity contribution in [1.82, 2.24) is 10.2 Å². The number of thioether (sulfide) groups is 1. The Morgan fingerprint density at radius 3 is 2.25 bits per heavy atom. The molecule has 148 valence electrons. The molecule has 0 atom stereocenters. The van der Waals surface area contributed by atoms with Crippen molar-refractivity contribution in [2.45, 2.75) is 30.2 Å². The zero-order valence-electron chi connectivity index (χ0n) is 16.0. The Bertz CT molecular complexity index is 747. The number of nitrogens with one attached hydrogen (secondary N) is 2. The van der Waals surface area contributed by atoms with Crippen molar-refractivity contribution in [3.05, 3.63) is 60.7 Å². The lowest BCUT2D eigenvalue weighted by atomic mass is 10.0. The van der Waals surface area contributed by atoms with Gasteiger partial charge in [-0.2, -0.15) is 0 Å². The topological polar surface area (TPSA) is 61.4 Å². The summed E-state index contributed by atoms with van der Waals surface area (Å²) in [6, 6.07) is 19.9. The van der Waals surface area contributed by atoms with E-state index in [9.17, 15) is 9.59 Å². The minimum atomic E-state index is 0.00613. The maximum Gasteiger partial charge on any atom is 0.238 e. The predicted molar refractivity (Wildman–Crippen MR) is 114 cm³/mol. The SMILES string of the molecule is O=C(CN1CCC(NC(=O)CCSc2ccccc2)CC1)Nc1ccccc1. The van der Waals surface area contributed by atoms with Crippen LogP contribution in [0.5, 0.6) is 0 Å². The predicted octanol–water partition coefficient (Wildman–Crippen LogP) is 3.39. The molecule has 2 amide bonds.